The van der Waals surface area contributed by atoms with Gasteiger partial charge in [-0.1, -0.05) is 42.3 Å². The number of allylic oxidation sites excluding steroid dienone is 1. The maximum absolute atomic E-state index is 11.9. The molecule has 0 fully saturated rings. The number of aryl methyl sites for hydroxylation is 1. The zero-order valence-electron chi connectivity index (χ0n) is 12.2. The first-order valence-electron chi connectivity index (χ1n) is 6.64. The van der Waals surface area contributed by atoms with Crippen molar-refractivity contribution in [3.05, 3.63) is 46.5 Å². The molecule has 3 nitrogen and oxygen atoms in total. The highest BCUT2D eigenvalue weighted by atomic mass is 16.3. The number of aliphatic hydroxyl groups excluding tert-OH is 1. The molecule has 1 aromatic carbocycles. The molecule has 0 aliphatic heterocycles. The highest BCUT2D eigenvalue weighted by Gasteiger charge is 2.11. The van der Waals surface area contributed by atoms with Gasteiger partial charge in [0.2, 0.25) is 5.91 Å². The molecule has 104 valence electrons. The molecular weight excluding hydrogens is 238 g/mol. The summed E-state index contributed by atoms with van der Waals surface area (Å²) in [6.07, 6.45) is 0.194. The van der Waals surface area contributed by atoms with Crippen LogP contribution in [0.15, 0.2) is 35.4 Å². The molecular formula is C16H23NO2. The zero-order chi connectivity index (χ0) is 14.4. The number of rotatable bonds is 5. The van der Waals surface area contributed by atoms with Crippen LogP contribution in [0.5, 0.6) is 0 Å². The van der Waals surface area contributed by atoms with E-state index >= 15 is 0 Å². The van der Waals surface area contributed by atoms with Crippen LogP contribution in [0, 0.1) is 6.92 Å². The fourth-order valence-electron chi connectivity index (χ4n) is 1.69. The number of benzene rings is 1. The number of aliphatic hydroxyl groups is 1. The summed E-state index contributed by atoms with van der Waals surface area (Å²) < 4.78 is 0. The number of nitrogens with one attached hydrogen (secondary N) is 1. The Bertz CT molecular complexity index is 460. The Balaban J connectivity index is 2.57. The molecule has 0 spiro atoms. The largest absolute Gasteiger partial charge is 0.387 e. The van der Waals surface area contributed by atoms with Crippen molar-refractivity contribution in [1.29, 1.82) is 0 Å². The van der Waals surface area contributed by atoms with E-state index in [0.717, 1.165) is 28.7 Å². The van der Waals surface area contributed by atoms with Crippen molar-refractivity contribution in [3.63, 3.8) is 0 Å². The van der Waals surface area contributed by atoms with E-state index in [-0.39, 0.29) is 12.5 Å². The van der Waals surface area contributed by atoms with Gasteiger partial charge in [-0.25, -0.2) is 0 Å². The van der Waals surface area contributed by atoms with Crippen molar-refractivity contribution < 1.29 is 9.90 Å². The molecule has 0 saturated carbocycles. The minimum Gasteiger partial charge on any atom is -0.387 e. The molecule has 2 N–H and O–H groups in total. The predicted octanol–water partition coefficient (Wildman–Crippen LogP) is 2.89. The van der Waals surface area contributed by atoms with E-state index in [1.165, 1.54) is 0 Å². The fourth-order valence-corrected chi connectivity index (χ4v) is 1.69. The molecule has 3 heteroatoms. The van der Waals surface area contributed by atoms with Crippen LogP contribution in [0.1, 0.15) is 44.4 Å². The molecule has 0 aromatic heterocycles. The van der Waals surface area contributed by atoms with E-state index in [4.69, 9.17) is 0 Å². The lowest BCUT2D eigenvalue weighted by Crippen LogP contribution is -2.29. The van der Waals surface area contributed by atoms with Gasteiger partial charge < -0.3 is 10.4 Å². The van der Waals surface area contributed by atoms with Gasteiger partial charge in [-0.05, 0) is 32.8 Å². The molecule has 19 heavy (non-hydrogen) atoms. The third-order valence-corrected chi connectivity index (χ3v) is 3.43. The quantitative estimate of drug-likeness (QED) is 0.801. The first-order chi connectivity index (χ1) is 8.95. The van der Waals surface area contributed by atoms with Crippen LogP contribution in [0.3, 0.4) is 0 Å². The van der Waals surface area contributed by atoms with Crippen molar-refractivity contribution in [2.24, 2.45) is 0 Å². The Labute approximate surface area is 115 Å². The van der Waals surface area contributed by atoms with E-state index in [0.29, 0.717) is 0 Å². The van der Waals surface area contributed by atoms with Crippen molar-refractivity contribution in [3.8, 4) is 0 Å². The third kappa shape index (κ3) is 4.52. The minimum absolute atomic E-state index is 0.106. The van der Waals surface area contributed by atoms with Crippen molar-refractivity contribution in [2.75, 3.05) is 6.54 Å². The third-order valence-electron chi connectivity index (χ3n) is 3.43. The maximum Gasteiger partial charge on any atom is 0.246 e. The van der Waals surface area contributed by atoms with Crippen LogP contribution in [0.2, 0.25) is 0 Å². The van der Waals surface area contributed by atoms with Crippen LogP contribution in [0.4, 0.5) is 0 Å². The van der Waals surface area contributed by atoms with E-state index in [1.807, 2.05) is 52.0 Å². The van der Waals surface area contributed by atoms with E-state index in [9.17, 15) is 9.90 Å². The van der Waals surface area contributed by atoms with E-state index in [1.54, 1.807) is 0 Å². The van der Waals surface area contributed by atoms with E-state index < -0.39 is 6.10 Å². The molecule has 1 atom stereocenters. The van der Waals surface area contributed by atoms with Crippen LogP contribution in [-0.2, 0) is 4.79 Å². The fraction of sp³-hybridized carbons (Fsp3) is 0.438. The zero-order valence-corrected chi connectivity index (χ0v) is 12.2. The van der Waals surface area contributed by atoms with Crippen molar-refractivity contribution in [2.45, 2.75) is 40.2 Å². The van der Waals surface area contributed by atoms with Gasteiger partial charge in [0.25, 0.3) is 0 Å². The molecule has 1 aromatic rings. The summed E-state index contributed by atoms with van der Waals surface area (Å²) in [5.41, 5.74) is 3.78. The Kier molecular flexibility index (Phi) is 5.77. The van der Waals surface area contributed by atoms with Gasteiger partial charge in [0.15, 0.2) is 0 Å². The SMILES string of the molecule is CC/C(C)=C(/C)C(=O)NCC(O)c1ccc(C)cc1. The van der Waals surface area contributed by atoms with Crippen LogP contribution >= 0.6 is 0 Å². The Morgan fingerprint density at radius 1 is 1.26 bits per heavy atom. The van der Waals surface area contributed by atoms with E-state index in [2.05, 4.69) is 5.32 Å². The second kappa shape index (κ2) is 7.10. The van der Waals surface area contributed by atoms with Crippen LogP contribution in [0.25, 0.3) is 0 Å². The molecule has 0 heterocycles. The normalized spacial score (nSPS) is 13.7. The molecule has 0 aliphatic carbocycles. The summed E-state index contributed by atoms with van der Waals surface area (Å²) in [6.45, 7) is 8.01. The van der Waals surface area contributed by atoms with Gasteiger partial charge in [-0.3, -0.25) is 4.79 Å². The smallest absolute Gasteiger partial charge is 0.246 e. The van der Waals surface area contributed by atoms with Gasteiger partial charge in [0.1, 0.15) is 0 Å². The number of amides is 1. The first-order valence-corrected chi connectivity index (χ1v) is 6.64. The molecule has 1 unspecified atom stereocenters. The number of carbonyl (C=O) groups is 1. The highest BCUT2D eigenvalue weighted by Crippen LogP contribution is 2.13. The average molecular weight is 261 g/mol. The topological polar surface area (TPSA) is 49.3 Å². The minimum atomic E-state index is -0.667. The molecule has 1 amide bonds. The summed E-state index contributed by atoms with van der Waals surface area (Å²) in [4.78, 5) is 11.9. The predicted molar refractivity (Wildman–Crippen MR) is 77.8 cm³/mol. The van der Waals surface area contributed by atoms with Gasteiger partial charge in [-0.15, -0.1) is 0 Å². The maximum atomic E-state index is 11.9. The van der Waals surface area contributed by atoms with Crippen molar-refractivity contribution in [1.82, 2.24) is 5.32 Å². The molecule has 0 radical (unpaired) electrons. The van der Waals surface area contributed by atoms with Gasteiger partial charge in [-0.2, -0.15) is 0 Å². The first kappa shape index (κ1) is 15.4. The van der Waals surface area contributed by atoms with Crippen LogP contribution < -0.4 is 5.32 Å². The van der Waals surface area contributed by atoms with Crippen LogP contribution in [-0.4, -0.2) is 17.6 Å². The number of carbonyl (C=O) groups excluding carboxylic acids is 1. The molecule has 1 rings (SSSR count). The summed E-state index contributed by atoms with van der Waals surface area (Å²) >= 11 is 0. The monoisotopic (exact) mass is 261 g/mol. The standard InChI is InChI=1S/C16H23NO2/c1-5-12(3)13(4)16(19)17-10-15(18)14-8-6-11(2)7-9-14/h6-9,15,18H,5,10H2,1-4H3,(H,17,19)/b13-12-. The van der Waals surface area contributed by atoms with Gasteiger partial charge in [0.05, 0.1) is 6.10 Å². The second-order valence-corrected chi connectivity index (χ2v) is 4.90. The summed E-state index contributed by atoms with van der Waals surface area (Å²) in [5, 5.41) is 12.8. The number of hydrogen-bond acceptors (Lipinski definition) is 2. The lowest BCUT2D eigenvalue weighted by Gasteiger charge is -2.13. The molecule has 0 aliphatic rings. The van der Waals surface area contributed by atoms with Gasteiger partial charge in [0, 0.05) is 12.1 Å². The lowest BCUT2D eigenvalue weighted by atomic mass is 10.1. The number of hydrogen-bond donors (Lipinski definition) is 2. The van der Waals surface area contributed by atoms with Gasteiger partial charge >= 0.3 is 0 Å². The lowest BCUT2D eigenvalue weighted by molar-refractivity contribution is -0.118. The molecule has 0 saturated heterocycles. The van der Waals surface area contributed by atoms with Crippen molar-refractivity contribution >= 4 is 5.91 Å². The molecule has 0 bridgehead atoms. The average Bonchev–Trinajstić information content (AvgIpc) is 2.43. The Morgan fingerprint density at radius 2 is 1.84 bits per heavy atom. The highest BCUT2D eigenvalue weighted by molar-refractivity contribution is 5.93. The summed E-state index contributed by atoms with van der Waals surface area (Å²) in [6, 6.07) is 7.66. The Hall–Kier alpha value is -1.61. The summed E-state index contributed by atoms with van der Waals surface area (Å²) in [5.74, 6) is -0.106. The Morgan fingerprint density at radius 3 is 2.37 bits per heavy atom. The summed E-state index contributed by atoms with van der Waals surface area (Å²) in [7, 11) is 0. The second-order valence-electron chi connectivity index (χ2n) is 4.90.